The molecule has 1 aromatic carbocycles. The summed E-state index contributed by atoms with van der Waals surface area (Å²) in [4.78, 5) is 6.66. The van der Waals surface area contributed by atoms with E-state index in [-0.39, 0.29) is 6.10 Å². The van der Waals surface area contributed by atoms with Crippen molar-refractivity contribution in [1.29, 1.82) is 0 Å². The molecule has 0 unspecified atom stereocenters. The Morgan fingerprint density at radius 2 is 2.26 bits per heavy atom. The van der Waals surface area contributed by atoms with Crippen LogP contribution in [0.5, 0.6) is 5.75 Å². The molecule has 100 valence electrons. The zero-order valence-electron chi connectivity index (χ0n) is 11.0. The molecule has 2 heterocycles. The van der Waals surface area contributed by atoms with E-state index >= 15 is 0 Å². The quantitative estimate of drug-likeness (QED) is 0.897. The molecule has 1 saturated heterocycles. The highest BCUT2D eigenvalue weighted by Crippen LogP contribution is 2.29. The van der Waals surface area contributed by atoms with Crippen molar-refractivity contribution in [2.75, 3.05) is 25.1 Å². The van der Waals surface area contributed by atoms with Gasteiger partial charge in [-0.1, -0.05) is 0 Å². The van der Waals surface area contributed by atoms with Gasteiger partial charge in [-0.2, -0.15) is 0 Å². The van der Waals surface area contributed by atoms with E-state index in [9.17, 15) is 5.11 Å². The van der Waals surface area contributed by atoms with E-state index in [0.29, 0.717) is 6.54 Å². The van der Waals surface area contributed by atoms with Crippen LogP contribution in [-0.4, -0.2) is 36.4 Å². The van der Waals surface area contributed by atoms with Gasteiger partial charge in [0.15, 0.2) is 0 Å². The summed E-state index contributed by atoms with van der Waals surface area (Å²) in [6, 6.07) is 7.99. The number of hydrogen-bond acceptors (Lipinski definition) is 4. The molecule has 1 aliphatic heterocycles. The van der Waals surface area contributed by atoms with Crippen LogP contribution in [-0.2, 0) is 0 Å². The molecule has 4 heteroatoms. The zero-order valence-corrected chi connectivity index (χ0v) is 11.0. The van der Waals surface area contributed by atoms with Gasteiger partial charge in [0.2, 0.25) is 0 Å². The SMILES string of the molecule is COc1ccc2c(N3CCC[C@H](O)C3)nccc2c1. The summed E-state index contributed by atoms with van der Waals surface area (Å²) >= 11 is 0. The van der Waals surface area contributed by atoms with E-state index in [2.05, 4.69) is 9.88 Å². The predicted octanol–water partition coefficient (Wildman–Crippen LogP) is 2.20. The average molecular weight is 258 g/mol. The second-order valence-corrected chi connectivity index (χ2v) is 4.96. The van der Waals surface area contributed by atoms with Crippen molar-refractivity contribution in [2.45, 2.75) is 18.9 Å². The molecule has 19 heavy (non-hydrogen) atoms. The summed E-state index contributed by atoms with van der Waals surface area (Å²) in [5.74, 6) is 1.81. The van der Waals surface area contributed by atoms with Gasteiger partial charge >= 0.3 is 0 Å². The second kappa shape index (κ2) is 5.05. The lowest BCUT2D eigenvalue weighted by atomic mass is 10.1. The van der Waals surface area contributed by atoms with Gasteiger partial charge in [-0.05, 0) is 42.5 Å². The number of hydrogen-bond donors (Lipinski definition) is 1. The number of rotatable bonds is 2. The van der Waals surface area contributed by atoms with Crippen molar-refractivity contribution in [3.63, 3.8) is 0 Å². The van der Waals surface area contributed by atoms with Crippen LogP contribution in [0.2, 0.25) is 0 Å². The van der Waals surface area contributed by atoms with Crippen molar-refractivity contribution < 1.29 is 9.84 Å². The molecular weight excluding hydrogens is 240 g/mol. The molecule has 1 N–H and O–H groups in total. The predicted molar refractivity (Wildman–Crippen MR) is 75.7 cm³/mol. The number of aromatic nitrogens is 1. The summed E-state index contributed by atoms with van der Waals surface area (Å²) in [7, 11) is 1.67. The highest BCUT2D eigenvalue weighted by molar-refractivity contribution is 5.93. The minimum absolute atomic E-state index is 0.246. The first-order valence-electron chi connectivity index (χ1n) is 6.63. The van der Waals surface area contributed by atoms with E-state index in [0.717, 1.165) is 41.7 Å². The second-order valence-electron chi connectivity index (χ2n) is 4.96. The van der Waals surface area contributed by atoms with Gasteiger partial charge in [0, 0.05) is 24.7 Å². The van der Waals surface area contributed by atoms with Crippen molar-refractivity contribution in [3.05, 3.63) is 30.5 Å². The van der Waals surface area contributed by atoms with Crippen LogP contribution in [0.1, 0.15) is 12.8 Å². The molecule has 3 rings (SSSR count). The number of fused-ring (bicyclic) bond motifs is 1. The van der Waals surface area contributed by atoms with Gasteiger partial charge in [-0.3, -0.25) is 0 Å². The molecule has 4 nitrogen and oxygen atoms in total. The summed E-state index contributed by atoms with van der Waals surface area (Å²) < 4.78 is 5.25. The third-order valence-electron chi connectivity index (χ3n) is 3.65. The summed E-state index contributed by atoms with van der Waals surface area (Å²) in [6.45, 7) is 1.62. The number of methoxy groups -OCH3 is 1. The Kier molecular flexibility index (Phi) is 3.25. The summed E-state index contributed by atoms with van der Waals surface area (Å²) in [6.07, 6.45) is 3.46. The van der Waals surface area contributed by atoms with Gasteiger partial charge in [-0.25, -0.2) is 4.98 Å². The molecule has 1 aromatic heterocycles. The Balaban J connectivity index is 2.03. The molecule has 1 fully saturated rings. The van der Waals surface area contributed by atoms with E-state index in [1.165, 1.54) is 0 Å². The molecule has 2 aromatic rings. The maximum atomic E-state index is 9.81. The van der Waals surface area contributed by atoms with E-state index in [4.69, 9.17) is 4.74 Å². The third-order valence-corrected chi connectivity index (χ3v) is 3.65. The lowest BCUT2D eigenvalue weighted by Crippen LogP contribution is -2.38. The number of piperidine rings is 1. The number of nitrogens with zero attached hydrogens (tertiary/aromatic N) is 2. The lowest BCUT2D eigenvalue weighted by Gasteiger charge is -2.31. The topological polar surface area (TPSA) is 45.6 Å². The molecule has 0 bridgehead atoms. The Hall–Kier alpha value is -1.81. The van der Waals surface area contributed by atoms with E-state index in [1.807, 2.05) is 30.5 Å². The fourth-order valence-corrected chi connectivity index (χ4v) is 2.67. The number of β-amino-alcohol motifs (C(OH)–C–C–N with tert-alkyl or cyclic N) is 1. The normalized spacial score (nSPS) is 19.7. The Morgan fingerprint density at radius 3 is 3.05 bits per heavy atom. The molecule has 1 aliphatic rings. The molecule has 0 spiro atoms. The average Bonchev–Trinajstić information content (AvgIpc) is 2.46. The van der Waals surface area contributed by atoms with Crippen LogP contribution in [0.25, 0.3) is 10.8 Å². The third kappa shape index (κ3) is 2.36. The van der Waals surface area contributed by atoms with Crippen LogP contribution in [0.15, 0.2) is 30.5 Å². The molecule has 0 saturated carbocycles. The largest absolute Gasteiger partial charge is 0.497 e. The lowest BCUT2D eigenvalue weighted by molar-refractivity contribution is 0.154. The van der Waals surface area contributed by atoms with Gasteiger partial charge < -0.3 is 14.7 Å². The maximum Gasteiger partial charge on any atom is 0.136 e. The number of benzene rings is 1. The van der Waals surface area contributed by atoms with Crippen LogP contribution < -0.4 is 9.64 Å². The first-order chi connectivity index (χ1) is 9.28. The maximum absolute atomic E-state index is 9.81. The Labute approximate surface area is 112 Å². The van der Waals surface area contributed by atoms with Gasteiger partial charge in [0.25, 0.3) is 0 Å². The van der Waals surface area contributed by atoms with E-state index < -0.39 is 0 Å². The number of pyridine rings is 1. The van der Waals surface area contributed by atoms with Crippen molar-refractivity contribution >= 4 is 16.6 Å². The summed E-state index contributed by atoms with van der Waals surface area (Å²) in [5, 5.41) is 12.0. The highest BCUT2D eigenvalue weighted by Gasteiger charge is 2.20. The smallest absolute Gasteiger partial charge is 0.136 e. The molecule has 0 aliphatic carbocycles. The van der Waals surface area contributed by atoms with E-state index in [1.54, 1.807) is 7.11 Å². The van der Waals surface area contributed by atoms with Crippen LogP contribution in [0.4, 0.5) is 5.82 Å². The number of aliphatic hydroxyl groups is 1. The van der Waals surface area contributed by atoms with Gasteiger partial charge in [-0.15, -0.1) is 0 Å². The Bertz CT molecular complexity index is 585. The first kappa shape index (κ1) is 12.2. The highest BCUT2D eigenvalue weighted by atomic mass is 16.5. The van der Waals surface area contributed by atoms with Crippen LogP contribution >= 0.6 is 0 Å². The van der Waals surface area contributed by atoms with Gasteiger partial charge in [0.1, 0.15) is 11.6 Å². The first-order valence-corrected chi connectivity index (χ1v) is 6.63. The number of aliphatic hydroxyl groups excluding tert-OH is 1. The Morgan fingerprint density at radius 1 is 1.37 bits per heavy atom. The minimum Gasteiger partial charge on any atom is -0.497 e. The van der Waals surface area contributed by atoms with Gasteiger partial charge in [0.05, 0.1) is 13.2 Å². The van der Waals surface area contributed by atoms with Crippen molar-refractivity contribution in [1.82, 2.24) is 4.98 Å². The van der Waals surface area contributed by atoms with Crippen molar-refractivity contribution in [2.24, 2.45) is 0 Å². The minimum atomic E-state index is -0.246. The standard InChI is InChI=1S/C15H18N2O2/c1-19-13-4-5-14-11(9-13)6-7-16-15(14)17-8-2-3-12(18)10-17/h4-7,9,12,18H,2-3,8,10H2,1H3/t12-/m0/s1. The monoisotopic (exact) mass is 258 g/mol. The van der Waals surface area contributed by atoms with Crippen LogP contribution in [0.3, 0.4) is 0 Å². The van der Waals surface area contributed by atoms with Crippen LogP contribution in [0, 0.1) is 0 Å². The molecule has 0 amide bonds. The number of ether oxygens (including phenoxy) is 1. The number of anilines is 1. The summed E-state index contributed by atoms with van der Waals surface area (Å²) in [5.41, 5.74) is 0. The molecular formula is C15H18N2O2. The van der Waals surface area contributed by atoms with Crippen molar-refractivity contribution in [3.8, 4) is 5.75 Å². The molecule has 1 atom stereocenters. The fraction of sp³-hybridized carbons (Fsp3) is 0.400. The zero-order chi connectivity index (χ0) is 13.2. The molecule has 0 radical (unpaired) electrons. The fourth-order valence-electron chi connectivity index (χ4n) is 2.67.